The van der Waals surface area contributed by atoms with Crippen LogP contribution in [0.25, 0.3) is 9.88 Å². The van der Waals surface area contributed by atoms with Gasteiger partial charge in [0.2, 0.25) is 5.91 Å². The number of aromatic nitrogens is 1. The van der Waals surface area contributed by atoms with Crippen LogP contribution in [0.1, 0.15) is 25.5 Å². The van der Waals surface area contributed by atoms with E-state index in [1.54, 1.807) is 27.6 Å². The van der Waals surface area contributed by atoms with Gasteiger partial charge in [-0.25, -0.2) is 4.98 Å². The van der Waals surface area contributed by atoms with Gasteiger partial charge in [-0.05, 0) is 17.9 Å². The van der Waals surface area contributed by atoms with Gasteiger partial charge in [0.25, 0.3) is 0 Å². The number of amides is 1. The van der Waals surface area contributed by atoms with Gasteiger partial charge in [0.1, 0.15) is 5.01 Å². The summed E-state index contributed by atoms with van der Waals surface area (Å²) < 4.78 is 0. The first kappa shape index (κ1) is 14.7. The Bertz CT molecular complexity index is 615. The van der Waals surface area contributed by atoms with E-state index in [1.165, 1.54) is 0 Å². The van der Waals surface area contributed by atoms with E-state index in [2.05, 4.69) is 4.98 Å². The minimum absolute atomic E-state index is 0.0545. The summed E-state index contributed by atoms with van der Waals surface area (Å²) >= 11 is 3.23. The zero-order chi connectivity index (χ0) is 14.9. The maximum atomic E-state index is 12.2. The van der Waals surface area contributed by atoms with Crippen LogP contribution in [0.4, 0.5) is 0 Å². The summed E-state index contributed by atoms with van der Waals surface area (Å²) in [7, 11) is 0. The highest BCUT2D eigenvalue weighted by molar-refractivity contribution is 7.20. The maximum Gasteiger partial charge on any atom is 0.228 e. The van der Waals surface area contributed by atoms with Gasteiger partial charge < -0.3 is 10.0 Å². The van der Waals surface area contributed by atoms with Crippen molar-refractivity contribution in [1.82, 2.24) is 9.88 Å². The molecule has 0 aromatic carbocycles. The monoisotopic (exact) mass is 322 g/mol. The number of nitrogens with zero attached hydrogens (tertiary/aromatic N) is 2. The van der Waals surface area contributed by atoms with Crippen LogP contribution in [0, 0.1) is 0 Å². The predicted molar refractivity (Wildman–Crippen MR) is 85.6 cm³/mol. The molecular weight excluding hydrogens is 304 g/mol. The van der Waals surface area contributed by atoms with Gasteiger partial charge in [0.15, 0.2) is 0 Å². The first-order chi connectivity index (χ1) is 10.1. The lowest BCUT2D eigenvalue weighted by Gasteiger charge is -2.46. The highest BCUT2D eigenvalue weighted by Crippen LogP contribution is 2.29. The fourth-order valence-corrected chi connectivity index (χ4v) is 4.27. The van der Waals surface area contributed by atoms with Gasteiger partial charge in [-0.1, -0.05) is 19.4 Å². The number of aliphatic hydroxyl groups is 1. The second kappa shape index (κ2) is 5.87. The van der Waals surface area contributed by atoms with Crippen molar-refractivity contribution in [3.63, 3.8) is 0 Å². The number of hydrogen-bond acceptors (Lipinski definition) is 5. The molecule has 1 aliphatic rings. The molecule has 2 aromatic rings. The highest BCUT2D eigenvalue weighted by atomic mass is 32.1. The van der Waals surface area contributed by atoms with Crippen molar-refractivity contribution in [2.75, 3.05) is 13.1 Å². The summed E-state index contributed by atoms with van der Waals surface area (Å²) in [6.07, 6.45) is 2.02. The highest BCUT2D eigenvalue weighted by Gasteiger charge is 2.42. The Morgan fingerprint density at radius 2 is 2.29 bits per heavy atom. The standard InChI is InChI=1S/C15H18N2O2S2/c1-2-5-15(19)9-17(10-15)13(18)7-11-8-21-14(16-11)12-4-3-6-20-12/h3-4,6,8,19H,2,5,7,9-10H2,1H3. The van der Waals surface area contributed by atoms with Gasteiger partial charge >= 0.3 is 0 Å². The summed E-state index contributed by atoms with van der Waals surface area (Å²) in [6.45, 7) is 2.97. The number of carbonyl (C=O) groups excluding carboxylic acids is 1. The summed E-state index contributed by atoms with van der Waals surface area (Å²) in [5.41, 5.74) is 0.161. The quantitative estimate of drug-likeness (QED) is 0.921. The lowest BCUT2D eigenvalue weighted by molar-refractivity contribution is -0.155. The van der Waals surface area contributed by atoms with Gasteiger partial charge in [0, 0.05) is 5.38 Å². The number of β-amino-alcohol motifs (C(OH)–C–C–N with tert-alkyl or cyclic N) is 1. The summed E-state index contributed by atoms with van der Waals surface area (Å²) in [4.78, 5) is 19.6. The van der Waals surface area contributed by atoms with Crippen molar-refractivity contribution in [2.45, 2.75) is 31.8 Å². The molecule has 1 N–H and O–H groups in total. The van der Waals surface area contributed by atoms with E-state index < -0.39 is 5.60 Å². The van der Waals surface area contributed by atoms with Crippen LogP contribution < -0.4 is 0 Å². The van der Waals surface area contributed by atoms with Crippen LogP contribution in [0.15, 0.2) is 22.9 Å². The fourth-order valence-electron chi connectivity index (χ4n) is 2.63. The molecule has 0 unspecified atom stereocenters. The van der Waals surface area contributed by atoms with Gasteiger partial charge in [-0.15, -0.1) is 22.7 Å². The third-order valence-corrected chi connectivity index (χ3v) is 5.58. The molecule has 3 heterocycles. The van der Waals surface area contributed by atoms with Crippen LogP contribution in [-0.2, 0) is 11.2 Å². The number of rotatable bonds is 5. The maximum absolute atomic E-state index is 12.2. The van der Waals surface area contributed by atoms with Crippen LogP contribution >= 0.6 is 22.7 Å². The molecule has 0 radical (unpaired) electrons. The summed E-state index contributed by atoms with van der Waals surface area (Å²) in [5, 5.41) is 15.1. The minimum Gasteiger partial charge on any atom is -0.386 e. The molecule has 3 rings (SSSR count). The normalized spacial score (nSPS) is 16.8. The van der Waals surface area contributed by atoms with E-state index in [4.69, 9.17) is 0 Å². The molecule has 0 spiro atoms. The first-order valence-corrected chi connectivity index (χ1v) is 8.84. The van der Waals surface area contributed by atoms with Gasteiger partial charge in [0.05, 0.1) is 35.7 Å². The molecule has 0 aliphatic carbocycles. The predicted octanol–water partition coefficient (Wildman–Crippen LogP) is 2.79. The molecule has 1 aliphatic heterocycles. The Hall–Kier alpha value is -1.24. The zero-order valence-electron chi connectivity index (χ0n) is 11.9. The Morgan fingerprint density at radius 1 is 1.48 bits per heavy atom. The average Bonchev–Trinajstić information content (AvgIpc) is 3.05. The molecule has 1 amide bonds. The van der Waals surface area contributed by atoms with E-state index in [9.17, 15) is 9.90 Å². The summed E-state index contributed by atoms with van der Waals surface area (Å²) in [6, 6.07) is 4.04. The van der Waals surface area contributed by atoms with Gasteiger partial charge in [-0.2, -0.15) is 0 Å². The van der Waals surface area contributed by atoms with Crippen LogP contribution in [0.5, 0.6) is 0 Å². The Balaban J connectivity index is 1.57. The number of carbonyl (C=O) groups is 1. The lowest BCUT2D eigenvalue weighted by atomic mass is 9.89. The smallest absolute Gasteiger partial charge is 0.228 e. The van der Waals surface area contributed by atoms with Gasteiger partial charge in [-0.3, -0.25) is 4.79 Å². The van der Waals surface area contributed by atoms with E-state index in [1.807, 2.05) is 29.8 Å². The van der Waals surface area contributed by atoms with Crippen LogP contribution in [-0.4, -0.2) is 39.6 Å². The second-order valence-corrected chi connectivity index (χ2v) is 7.33. The third-order valence-electron chi connectivity index (χ3n) is 3.65. The molecule has 0 saturated carbocycles. The lowest BCUT2D eigenvalue weighted by Crippen LogP contribution is -2.63. The molecule has 0 atom stereocenters. The fraction of sp³-hybridized carbons (Fsp3) is 0.467. The van der Waals surface area contributed by atoms with Crippen molar-refractivity contribution < 1.29 is 9.90 Å². The van der Waals surface area contributed by atoms with Crippen molar-refractivity contribution in [1.29, 1.82) is 0 Å². The molecule has 4 nitrogen and oxygen atoms in total. The molecule has 1 saturated heterocycles. The molecule has 112 valence electrons. The zero-order valence-corrected chi connectivity index (χ0v) is 13.5. The number of likely N-dealkylation sites (tertiary alicyclic amines) is 1. The largest absolute Gasteiger partial charge is 0.386 e. The van der Waals surface area contributed by atoms with Crippen molar-refractivity contribution in [3.8, 4) is 9.88 Å². The van der Waals surface area contributed by atoms with E-state index in [0.717, 1.165) is 28.4 Å². The summed E-state index contributed by atoms with van der Waals surface area (Å²) in [5.74, 6) is 0.0545. The average molecular weight is 322 g/mol. The van der Waals surface area contributed by atoms with Crippen LogP contribution in [0.3, 0.4) is 0 Å². The molecule has 6 heteroatoms. The molecular formula is C15H18N2O2S2. The van der Waals surface area contributed by atoms with Crippen molar-refractivity contribution in [2.24, 2.45) is 0 Å². The third kappa shape index (κ3) is 3.17. The Labute approximate surface area is 132 Å². The molecule has 1 fully saturated rings. The minimum atomic E-state index is -0.658. The van der Waals surface area contributed by atoms with E-state index in [0.29, 0.717) is 19.5 Å². The van der Waals surface area contributed by atoms with Crippen molar-refractivity contribution in [3.05, 3.63) is 28.6 Å². The first-order valence-electron chi connectivity index (χ1n) is 7.08. The number of thiazole rings is 1. The number of hydrogen-bond donors (Lipinski definition) is 1. The van der Waals surface area contributed by atoms with E-state index >= 15 is 0 Å². The van der Waals surface area contributed by atoms with E-state index in [-0.39, 0.29) is 5.91 Å². The van der Waals surface area contributed by atoms with Crippen molar-refractivity contribution >= 4 is 28.6 Å². The second-order valence-electron chi connectivity index (χ2n) is 5.52. The number of thiophene rings is 1. The van der Waals surface area contributed by atoms with Crippen LogP contribution in [0.2, 0.25) is 0 Å². The Kier molecular flexibility index (Phi) is 4.10. The molecule has 2 aromatic heterocycles. The topological polar surface area (TPSA) is 53.4 Å². The Morgan fingerprint density at radius 3 is 2.95 bits per heavy atom. The molecule has 21 heavy (non-hydrogen) atoms. The molecule has 0 bridgehead atoms. The SMILES string of the molecule is CCCC1(O)CN(C(=O)Cc2csc(-c3cccs3)n2)C1.